The maximum absolute atomic E-state index is 12.1. The molecule has 8 nitrogen and oxygen atoms in total. The summed E-state index contributed by atoms with van der Waals surface area (Å²) in [6.07, 6.45) is 0. The predicted molar refractivity (Wildman–Crippen MR) is 80.5 cm³/mol. The summed E-state index contributed by atoms with van der Waals surface area (Å²) >= 11 is 0. The fourth-order valence-corrected chi connectivity index (χ4v) is 2.88. The molecule has 0 unspecified atom stereocenters. The van der Waals surface area contributed by atoms with Gasteiger partial charge in [-0.3, -0.25) is 10.1 Å². The first-order valence-electron chi connectivity index (χ1n) is 6.57. The van der Waals surface area contributed by atoms with Crippen LogP contribution in [0.1, 0.15) is 13.8 Å². The number of likely N-dealkylation sites (N-methyl/N-ethyl adjacent to an activating group) is 1. The normalized spacial score (nSPS) is 11.8. The first kappa shape index (κ1) is 17.3. The van der Waals surface area contributed by atoms with Crippen molar-refractivity contribution in [3.8, 4) is 0 Å². The lowest BCUT2D eigenvalue weighted by atomic mass is 10.3. The molecule has 0 heterocycles. The number of benzene rings is 1. The molecule has 0 radical (unpaired) electrons. The van der Waals surface area contributed by atoms with Gasteiger partial charge in [-0.15, -0.1) is 0 Å². The van der Waals surface area contributed by atoms with E-state index in [1.165, 1.54) is 6.07 Å². The number of nitro groups is 1. The summed E-state index contributed by atoms with van der Waals surface area (Å²) in [7, 11) is -3.72. The summed E-state index contributed by atoms with van der Waals surface area (Å²) < 4.78 is 26.6. The Morgan fingerprint density at radius 1 is 1.33 bits per heavy atom. The van der Waals surface area contributed by atoms with Crippen LogP contribution in [0.25, 0.3) is 0 Å². The van der Waals surface area contributed by atoms with Crippen molar-refractivity contribution >= 4 is 21.4 Å². The minimum absolute atomic E-state index is 0.0786. The molecule has 0 aliphatic heterocycles. The highest BCUT2D eigenvalue weighted by Gasteiger charge is 2.18. The fourth-order valence-electron chi connectivity index (χ4n) is 1.83. The Balaban J connectivity index is 2.79. The molecular weight excluding hydrogens is 296 g/mol. The summed E-state index contributed by atoms with van der Waals surface area (Å²) in [5, 5.41) is 10.7. The number of nitrogens with two attached hydrogens (primary N) is 1. The Kier molecular flexibility index (Phi) is 6.06. The number of hydrogen-bond donors (Lipinski definition) is 2. The standard InChI is InChI=1S/C12H20N4O4S/c1-3-15(4-2)8-7-14-21(19,20)10-5-6-12(16(17)18)11(13)9-10/h5-6,9,14H,3-4,7-8,13H2,1-2H3. The van der Waals surface area contributed by atoms with Gasteiger partial charge in [0.2, 0.25) is 10.0 Å². The molecule has 0 fully saturated rings. The molecule has 0 atom stereocenters. The number of nitrogen functional groups attached to an aromatic ring is 1. The van der Waals surface area contributed by atoms with E-state index in [1.807, 2.05) is 13.8 Å². The zero-order valence-corrected chi connectivity index (χ0v) is 12.9. The van der Waals surface area contributed by atoms with E-state index in [-0.39, 0.29) is 22.8 Å². The maximum Gasteiger partial charge on any atom is 0.292 e. The average molecular weight is 316 g/mol. The molecule has 0 aliphatic carbocycles. The molecule has 0 saturated heterocycles. The van der Waals surface area contributed by atoms with Gasteiger partial charge < -0.3 is 10.6 Å². The highest BCUT2D eigenvalue weighted by molar-refractivity contribution is 7.89. The molecular formula is C12H20N4O4S. The number of rotatable bonds is 8. The Morgan fingerprint density at radius 3 is 2.43 bits per heavy atom. The van der Waals surface area contributed by atoms with E-state index < -0.39 is 14.9 Å². The van der Waals surface area contributed by atoms with Crippen molar-refractivity contribution in [2.24, 2.45) is 0 Å². The Morgan fingerprint density at radius 2 is 1.95 bits per heavy atom. The van der Waals surface area contributed by atoms with Crippen molar-refractivity contribution < 1.29 is 13.3 Å². The Bertz CT molecular complexity index is 599. The van der Waals surface area contributed by atoms with Crippen LogP contribution >= 0.6 is 0 Å². The van der Waals surface area contributed by atoms with Crippen molar-refractivity contribution in [3.05, 3.63) is 28.3 Å². The van der Waals surface area contributed by atoms with Gasteiger partial charge in [0, 0.05) is 19.2 Å². The van der Waals surface area contributed by atoms with Gasteiger partial charge in [-0.1, -0.05) is 13.8 Å². The van der Waals surface area contributed by atoms with Gasteiger partial charge in [0.15, 0.2) is 0 Å². The zero-order valence-electron chi connectivity index (χ0n) is 12.1. The molecule has 21 heavy (non-hydrogen) atoms. The van der Waals surface area contributed by atoms with Crippen molar-refractivity contribution in [2.75, 3.05) is 31.9 Å². The number of nitrogens with zero attached hydrogens (tertiary/aromatic N) is 2. The molecule has 3 N–H and O–H groups in total. The number of nitrogens with one attached hydrogen (secondary N) is 1. The summed E-state index contributed by atoms with van der Waals surface area (Å²) in [5.41, 5.74) is 5.01. The van der Waals surface area contributed by atoms with Crippen LogP contribution < -0.4 is 10.5 Å². The number of anilines is 1. The van der Waals surface area contributed by atoms with Crippen molar-refractivity contribution in [1.82, 2.24) is 9.62 Å². The number of hydrogen-bond acceptors (Lipinski definition) is 6. The van der Waals surface area contributed by atoms with Gasteiger partial charge in [-0.2, -0.15) is 0 Å². The molecule has 0 amide bonds. The van der Waals surface area contributed by atoms with Crippen LogP contribution in [0, 0.1) is 10.1 Å². The highest BCUT2D eigenvalue weighted by atomic mass is 32.2. The van der Waals surface area contributed by atoms with E-state index in [0.717, 1.165) is 25.2 Å². The largest absolute Gasteiger partial charge is 0.393 e. The van der Waals surface area contributed by atoms with Crippen LogP contribution in [0.15, 0.2) is 23.1 Å². The van der Waals surface area contributed by atoms with Crippen molar-refractivity contribution in [2.45, 2.75) is 18.7 Å². The third-order valence-electron chi connectivity index (χ3n) is 3.12. The van der Waals surface area contributed by atoms with E-state index in [0.29, 0.717) is 6.54 Å². The lowest BCUT2D eigenvalue weighted by molar-refractivity contribution is -0.383. The van der Waals surface area contributed by atoms with Gasteiger partial charge in [0.05, 0.1) is 9.82 Å². The molecule has 1 rings (SSSR count). The van der Waals surface area contributed by atoms with E-state index in [4.69, 9.17) is 5.73 Å². The van der Waals surface area contributed by atoms with Crippen molar-refractivity contribution in [3.63, 3.8) is 0 Å². The molecule has 0 aromatic heterocycles. The van der Waals surface area contributed by atoms with Gasteiger partial charge in [0.1, 0.15) is 5.69 Å². The van der Waals surface area contributed by atoms with Gasteiger partial charge in [0.25, 0.3) is 5.69 Å². The minimum Gasteiger partial charge on any atom is -0.393 e. The molecule has 0 aliphatic rings. The molecule has 1 aromatic carbocycles. The van der Waals surface area contributed by atoms with Crippen LogP contribution in [0.3, 0.4) is 0 Å². The molecule has 0 bridgehead atoms. The Labute approximate surface area is 124 Å². The van der Waals surface area contributed by atoms with E-state index in [2.05, 4.69) is 9.62 Å². The first-order valence-corrected chi connectivity index (χ1v) is 8.06. The van der Waals surface area contributed by atoms with Crippen LogP contribution in [0.2, 0.25) is 0 Å². The lowest BCUT2D eigenvalue weighted by Gasteiger charge is -2.18. The number of nitro benzene ring substituents is 1. The summed E-state index contributed by atoms with van der Waals surface area (Å²) in [6, 6.07) is 3.36. The summed E-state index contributed by atoms with van der Waals surface area (Å²) in [6.45, 7) is 6.52. The van der Waals surface area contributed by atoms with Gasteiger partial charge in [-0.05, 0) is 25.2 Å². The highest BCUT2D eigenvalue weighted by Crippen LogP contribution is 2.24. The first-order chi connectivity index (χ1) is 9.81. The summed E-state index contributed by atoms with van der Waals surface area (Å²) in [4.78, 5) is 12.0. The maximum atomic E-state index is 12.1. The van der Waals surface area contributed by atoms with Crippen LogP contribution in [0.4, 0.5) is 11.4 Å². The second-order valence-corrected chi connectivity index (χ2v) is 6.17. The lowest BCUT2D eigenvalue weighted by Crippen LogP contribution is -2.34. The quantitative estimate of drug-likeness (QED) is 0.416. The van der Waals surface area contributed by atoms with E-state index in [9.17, 15) is 18.5 Å². The predicted octanol–water partition coefficient (Wildman–Crippen LogP) is 0.797. The molecule has 118 valence electrons. The smallest absolute Gasteiger partial charge is 0.292 e. The average Bonchev–Trinajstić information content (AvgIpc) is 2.43. The monoisotopic (exact) mass is 316 g/mol. The third kappa shape index (κ3) is 4.66. The van der Waals surface area contributed by atoms with Crippen LogP contribution in [0.5, 0.6) is 0 Å². The van der Waals surface area contributed by atoms with Crippen LogP contribution in [-0.4, -0.2) is 44.4 Å². The second-order valence-electron chi connectivity index (χ2n) is 4.40. The topological polar surface area (TPSA) is 119 Å². The molecule has 9 heteroatoms. The SMILES string of the molecule is CCN(CC)CCNS(=O)(=O)c1ccc([N+](=O)[O-])c(N)c1. The summed E-state index contributed by atoms with van der Waals surface area (Å²) in [5.74, 6) is 0. The van der Waals surface area contributed by atoms with Crippen molar-refractivity contribution in [1.29, 1.82) is 0 Å². The van der Waals surface area contributed by atoms with Crippen LogP contribution in [-0.2, 0) is 10.0 Å². The Hall–Kier alpha value is -1.71. The molecule has 0 saturated carbocycles. The zero-order chi connectivity index (χ0) is 16.0. The molecule has 0 spiro atoms. The van der Waals surface area contributed by atoms with Gasteiger partial charge >= 0.3 is 0 Å². The third-order valence-corrected chi connectivity index (χ3v) is 4.58. The second kappa shape index (κ2) is 7.34. The molecule has 1 aromatic rings. The minimum atomic E-state index is -3.72. The number of sulfonamides is 1. The van der Waals surface area contributed by atoms with E-state index in [1.54, 1.807) is 0 Å². The van der Waals surface area contributed by atoms with Gasteiger partial charge in [-0.25, -0.2) is 13.1 Å². The fraction of sp³-hybridized carbons (Fsp3) is 0.500. The van der Waals surface area contributed by atoms with E-state index >= 15 is 0 Å².